The molecule has 20 heavy (non-hydrogen) atoms. The number of hydrogen-bond acceptors (Lipinski definition) is 4. The number of hydrogen-bond donors (Lipinski definition) is 1. The average molecular weight is 289 g/mol. The minimum Gasteiger partial charge on any atom is -0.378 e. The monoisotopic (exact) mass is 289 g/mol. The van der Waals surface area contributed by atoms with Crippen molar-refractivity contribution in [2.45, 2.75) is 5.16 Å². The Hall–Kier alpha value is -1.79. The number of aromatic nitrogens is 2. The van der Waals surface area contributed by atoms with Crippen molar-refractivity contribution in [1.82, 2.24) is 14.9 Å². The molecule has 2 aromatic rings. The number of benzene rings is 1. The number of nitrogens with zero attached hydrogens (tertiary/aromatic N) is 2. The first kappa shape index (κ1) is 13.2. The van der Waals surface area contributed by atoms with Crippen LogP contribution in [0.4, 0.5) is 4.79 Å². The van der Waals surface area contributed by atoms with Gasteiger partial charge in [-0.1, -0.05) is 30.3 Å². The molecule has 0 radical (unpaired) electrons. The number of imidazole rings is 1. The van der Waals surface area contributed by atoms with Crippen molar-refractivity contribution >= 4 is 17.0 Å². The van der Waals surface area contributed by atoms with Crippen LogP contribution >= 0.6 is 11.8 Å². The topological polar surface area (TPSA) is 58.2 Å². The number of carbonyl (C=O) groups is 1. The molecule has 2 heterocycles. The van der Waals surface area contributed by atoms with Crippen molar-refractivity contribution < 1.29 is 9.53 Å². The molecule has 1 aliphatic heterocycles. The number of aromatic amines is 1. The van der Waals surface area contributed by atoms with E-state index in [1.165, 1.54) is 0 Å². The number of amides is 1. The number of morpholine rings is 1. The van der Waals surface area contributed by atoms with Gasteiger partial charge in [0.1, 0.15) is 0 Å². The highest BCUT2D eigenvalue weighted by Gasteiger charge is 2.19. The van der Waals surface area contributed by atoms with Gasteiger partial charge in [-0.15, -0.1) is 0 Å². The van der Waals surface area contributed by atoms with Gasteiger partial charge >= 0.3 is 0 Å². The third-order valence-corrected chi connectivity index (χ3v) is 3.92. The van der Waals surface area contributed by atoms with E-state index in [2.05, 4.69) is 9.97 Å². The number of carbonyl (C=O) groups excluding carboxylic acids is 1. The van der Waals surface area contributed by atoms with Crippen LogP contribution in [0, 0.1) is 0 Å². The zero-order valence-electron chi connectivity index (χ0n) is 10.9. The molecule has 104 valence electrons. The van der Waals surface area contributed by atoms with E-state index in [-0.39, 0.29) is 5.24 Å². The quantitative estimate of drug-likeness (QED) is 0.863. The Balaban J connectivity index is 1.66. The highest BCUT2D eigenvalue weighted by Crippen LogP contribution is 2.23. The molecule has 0 unspecified atom stereocenters. The Morgan fingerprint density at radius 3 is 2.75 bits per heavy atom. The standard InChI is InChI=1S/C14H15N3O2S/c18-14(17-6-8-19-9-7-17)20-13-15-10-12(16-13)11-4-2-1-3-5-11/h1-5,10H,6-9H2,(H,15,16). The van der Waals surface area contributed by atoms with E-state index in [4.69, 9.17) is 4.74 Å². The molecule has 1 fully saturated rings. The Morgan fingerprint density at radius 2 is 2.00 bits per heavy atom. The lowest BCUT2D eigenvalue weighted by molar-refractivity contribution is 0.0593. The van der Waals surface area contributed by atoms with E-state index in [1.54, 1.807) is 11.1 Å². The third kappa shape index (κ3) is 3.02. The minimum atomic E-state index is 0.0160. The van der Waals surface area contributed by atoms with Gasteiger partial charge in [0, 0.05) is 24.9 Å². The molecule has 1 N–H and O–H groups in total. The van der Waals surface area contributed by atoms with Crippen LogP contribution in [0.5, 0.6) is 0 Å². The fourth-order valence-corrected chi connectivity index (χ4v) is 2.76. The number of nitrogens with one attached hydrogen (secondary N) is 1. The van der Waals surface area contributed by atoms with Gasteiger partial charge in [0.15, 0.2) is 5.16 Å². The highest BCUT2D eigenvalue weighted by atomic mass is 32.2. The van der Waals surface area contributed by atoms with Crippen LogP contribution in [-0.2, 0) is 4.74 Å². The maximum absolute atomic E-state index is 12.1. The first-order chi connectivity index (χ1) is 9.83. The molecule has 0 bridgehead atoms. The summed E-state index contributed by atoms with van der Waals surface area (Å²) >= 11 is 1.13. The zero-order valence-corrected chi connectivity index (χ0v) is 11.7. The number of rotatable bonds is 2. The minimum absolute atomic E-state index is 0.0160. The number of H-pyrrole nitrogens is 1. The van der Waals surface area contributed by atoms with Crippen molar-refractivity contribution in [3.05, 3.63) is 36.5 Å². The van der Waals surface area contributed by atoms with Crippen molar-refractivity contribution in [1.29, 1.82) is 0 Å². The van der Waals surface area contributed by atoms with Crippen molar-refractivity contribution in [3.8, 4) is 11.3 Å². The summed E-state index contributed by atoms with van der Waals surface area (Å²) in [6.07, 6.45) is 1.75. The summed E-state index contributed by atoms with van der Waals surface area (Å²) in [6, 6.07) is 9.93. The molecule has 5 nitrogen and oxygen atoms in total. The molecule has 6 heteroatoms. The maximum Gasteiger partial charge on any atom is 0.289 e. The summed E-state index contributed by atoms with van der Waals surface area (Å²) < 4.78 is 5.24. The van der Waals surface area contributed by atoms with Gasteiger partial charge in [-0.2, -0.15) is 0 Å². The fourth-order valence-electron chi connectivity index (χ4n) is 2.01. The van der Waals surface area contributed by atoms with Crippen LogP contribution in [0.1, 0.15) is 0 Å². The summed E-state index contributed by atoms with van der Waals surface area (Å²) in [5.74, 6) is 0. The predicted molar refractivity (Wildman–Crippen MR) is 77.7 cm³/mol. The van der Waals surface area contributed by atoms with Gasteiger partial charge < -0.3 is 14.6 Å². The third-order valence-electron chi connectivity index (χ3n) is 3.09. The van der Waals surface area contributed by atoms with Gasteiger partial charge in [-0.05, 0) is 5.56 Å². The zero-order chi connectivity index (χ0) is 13.8. The lowest BCUT2D eigenvalue weighted by atomic mass is 10.2. The molecule has 1 aromatic carbocycles. The summed E-state index contributed by atoms with van der Waals surface area (Å²) in [7, 11) is 0. The van der Waals surface area contributed by atoms with Crippen molar-refractivity contribution in [2.75, 3.05) is 26.3 Å². The molecule has 0 aliphatic carbocycles. The molecular weight excluding hydrogens is 274 g/mol. The van der Waals surface area contributed by atoms with E-state index in [0.717, 1.165) is 23.0 Å². The van der Waals surface area contributed by atoms with E-state index >= 15 is 0 Å². The molecule has 1 amide bonds. The average Bonchev–Trinajstić information content (AvgIpc) is 2.97. The SMILES string of the molecule is O=C(Sc1ncc(-c2ccccc2)[nH]1)N1CCOCC1. The molecule has 3 rings (SSSR count). The molecule has 0 spiro atoms. The Morgan fingerprint density at radius 1 is 1.25 bits per heavy atom. The molecule has 0 saturated carbocycles. The van der Waals surface area contributed by atoms with E-state index < -0.39 is 0 Å². The first-order valence-corrected chi connectivity index (χ1v) is 7.29. The van der Waals surface area contributed by atoms with E-state index in [0.29, 0.717) is 31.5 Å². The predicted octanol–water partition coefficient (Wildman–Crippen LogP) is 2.62. The van der Waals surface area contributed by atoms with E-state index in [9.17, 15) is 4.79 Å². The van der Waals surface area contributed by atoms with Crippen LogP contribution < -0.4 is 0 Å². The van der Waals surface area contributed by atoms with Gasteiger partial charge in [0.2, 0.25) is 0 Å². The first-order valence-electron chi connectivity index (χ1n) is 6.48. The van der Waals surface area contributed by atoms with Gasteiger partial charge in [0.25, 0.3) is 5.24 Å². The van der Waals surface area contributed by atoms with Crippen LogP contribution in [-0.4, -0.2) is 46.4 Å². The molecule has 1 aliphatic rings. The number of ether oxygens (including phenoxy) is 1. The second kappa shape index (κ2) is 6.11. The Bertz CT molecular complexity index is 579. The molecular formula is C14H15N3O2S. The van der Waals surface area contributed by atoms with Gasteiger partial charge in [0.05, 0.1) is 25.1 Å². The molecule has 0 atom stereocenters. The van der Waals surface area contributed by atoms with Crippen LogP contribution in [0.25, 0.3) is 11.3 Å². The lowest BCUT2D eigenvalue weighted by Crippen LogP contribution is -2.38. The largest absolute Gasteiger partial charge is 0.378 e. The summed E-state index contributed by atoms with van der Waals surface area (Å²) in [5, 5.41) is 0.641. The smallest absolute Gasteiger partial charge is 0.289 e. The van der Waals surface area contributed by atoms with Crippen LogP contribution in [0.15, 0.2) is 41.7 Å². The second-order valence-corrected chi connectivity index (χ2v) is 5.38. The van der Waals surface area contributed by atoms with E-state index in [1.807, 2.05) is 30.3 Å². The molecule has 1 aromatic heterocycles. The Labute approximate surface area is 121 Å². The lowest BCUT2D eigenvalue weighted by Gasteiger charge is -2.25. The molecule has 1 saturated heterocycles. The number of thioether (sulfide) groups is 1. The van der Waals surface area contributed by atoms with Crippen molar-refractivity contribution in [3.63, 3.8) is 0 Å². The highest BCUT2D eigenvalue weighted by molar-refractivity contribution is 8.13. The van der Waals surface area contributed by atoms with Crippen LogP contribution in [0.3, 0.4) is 0 Å². The van der Waals surface area contributed by atoms with Crippen molar-refractivity contribution in [2.24, 2.45) is 0 Å². The normalized spacial score (nSPS) is 15.3. The van der Waals surface area contributed by atoms with Crippen LogP contribution in [0.2, 0.25) is 0 Å². The van der Waals surface area contributed by atoms with Gasteiger partial charge in [-0.25, -0.2) is 4.98 Å². The van der Waals surface area contributed by atoms with Gasteiger partial charge in [-0.3, -0.25) is 4.79 Å². The summed E-state index contributed by atoms with van der Waals surface area (Å²) in [5.41, 5.74) is 1.98. The summed E-state index contributed by atoms with van der Waals surface area (Å²) in [4.78, 5) is 21.3. The summed E-state index contributed by atoms with van der Waals surface area (Å²) in [6.45, 7) is 2.52. The maximum atomic E-state index is 12.1. The second-order valence-electron chi connectivity index (χ2n) is 4.44. The fraction of sp³-hybridized carbons (Fsp3) is 0.286. The Kier molecular flexibility index (Phi) is 4.03.